The van der Waals surface area contributed by atoms with Crippen molar-refractivity contribution in [2.24, 2.45) is 0 Å². The molecule has 4 rings (SSSR count). The lowest BCUT2D eigenvalue weighted by atomic mass is 10.0. The first-order valence-corrected chi connectivity index (χ1v) is 12.3. The zero-order chi connectivity index (χ0) is 29.1. The zero-order valence-corrected chi connectivity index (χ0v) is 21.3. The van der Waals surface area contributed by atoms with E-state index in [-0.39, 0.29) is 31.1 Å². The average molecular weight is 580 g/mol. The Balaban J connectivity index is 1.31. The van der Waals surface area contributed by atoms with Crippen LogP contribution in [-0.4, -0.2) is 89.1 Å². The van der Waals surface area contributed by atoms with Gasteiger partial charge in [-0.2, -0.15) is 31.4 Å². The largest absolute Gasteiger partial charge is 0.423 e. The normalized spacial score (nSPS) is 19.8. The van der Waals surface area contributed by atoms with Crippen LogP contribution in [0.5, 0.6) is 0 Å². The number of rotatable bonds is 9. The summed E-state index contributed by atoms with van der Waals surface area (Å²) in [6.45, 7) is 1.06. The number of hydrogen-bond acceptors (Lipinski definition) is 9. The minimum atomic E-state index is -4.92. The number of carbonyl (C=O) groups excluding carboxylic acids is 1. The van der Waals surface area contributed by atoms with Crippen LogP contribution in [0.3, 0.4) is 0 Å². The second-order valence-electron chi connectivity index (χ2n) is 9.41. The van der Waals surface area contributed by atoms with Gasteiger partial charge in [0, 0.05) is 51.6 Å². The molecule has 2 aliphatic heterocycles. The predicted octanol–water partition coefficient (Wildman–Crippen LogP) is 2.31. The summed E-state index contributed by atoms with van der Waals surface area (Å²) in [5.74, 6) is -0.0735. The highest BCUT2D eigenvalue weighted by molar-refractivity contribution is 5.83. The number of aromatic nitrogens is 4. The fourth-order valence-corrected chi connectivity index (χ4v) is 4.77. The van der Waals surface area contributed by atoms with E-state index < -0.39 is 46.9 Å². The Morgan fingerprint density at radius 2 is 1.68 bits per heavy atom. The molecule has 11 nitrogen and oxygen atoms in total. The molecule has 1 amide bonds. The van der Waals surface area contributed by atoms with Crippen LogP contribution < -0.4 is 15.8 Å². The molecule has 2 aliphatic rings. The van der Waals surface area contributed by atoms with Gasteiger partial charge in [0.15, 0.2) is 0 Å². The second kappa shape index (κ2) is 12.0. The monoisotopic (exact) mass is 579 g/mol. The number of alkyl halides is 6. The lowest BCUT2D eigenvalue weighted by molar-refractivity contribution is -0.140. The van der Waals surface area contributed by atoms with Crippen molar-refractivity contribution < 1.29 is 40.6 Å². The summed E-state index contributed by atoms with van der Waals surface area (Å²) < 4.78 is 89.2. The topological polar surface area (TPSA) is 126 Å². The molecule has 2 saturated heterocycles. The van der Waals surface area contributed by atoms with Crippen LogP contribution in [0.4, 0.5) is 38.0 Å². The van der Waals surface area contributed by atoms with E-state index in [9.17, 15) is 35.9 Å². The number of hydrogen-bond donors (Lipinski definition) is 2. The highest BCUT2D eigenvalue weighted by Crippen LogP contribution is 2.32. The molecular formula is C23H27F6N7O4. The molecule has 40 heavy (non-hydrogen) atoms. The number of aromatic amines is 1. The lowest BCUT2D eigenvalue weighted by Gasteiger charge is -2.36. The fourth-order valence-electron chi connectivity index (χ4n) is 4.77. The van der Waals surface area contributed by atoms with Crippen LogP contribution in [0.15, 0.2) is 23.4 Å². The Kier molecular flexibility index (Phi) is 8.82. The van der Waals surface area contributed by atoms with Crippen LogP contribution in [-0.2, 0) is 26.6 Å². The molecule has 17 heteroatoms. The number of carbonyl (C=O) groups is 1. The Labute approximate surface area is 223 Å². The molecule has 0 radical (unpaired) electrons. The van der Waals surface area contributed by atoms with Crippen molar-refractivity contribution in [3.05, 3.63) is 40.1 Å². The minimum Gasteiger partial charge on any atom is -0.382 e. The number of piperidine rings is 1. The standard InChI is InChI=1S/C23H27F6N7O4/c1-39-11-14(33-16-10-32-34-19(37)18(16)23(27,28)29)12-40-17-4-7-36(20(17)38)15-2-5-35(6-3-15)21-30-8-13(9-31-21)22(24,25)26/h8-10,14-15,17H,2-7,11-12H2,1H3,(H2,33,34,37). The van der Waals surface area contributed by atoms with Crippen LogP contribution in [0.1, 0.15) is 30.4 Å². The van der Waals surface area contributed by atoms with E-state index in [0.29, 0.717) is 38.9 Å². The number of amides is 1. The van der Waals surface area contributed by atoms with Crippen molar-refractivity contribution in [3.8, 4) is 0 Å². The summed E-state index contributed by atoms with van der Waals surface area (Å²) in [6.07, 6.45) is -6.46. The quantitative estimate of drug-likeness (QED) is 0.431. The van der Waals surface area contributed by atoms with Gasteiger partial charge < -0.3 is 24.6 Å². The summed E-state index contributed by atoms with van der Waals surface area (Å²) in [4.78, 5) is 35.9. The Morgan fingerprint density at radius 3 is 2.27 bits per heavy atom. The molecule has 2 fully saturated rings. The number of nitrogens with one attached hydrogen (secondary N) is 2. The SMILES string of the molecule is COCC(COC1CCN(C2CCN(c3ncc(C(F)(F)F)cn3)CC2)C1=O)Nc1cn[nH]c(=O)c1C(F)(F)F. The summed E-state index contributed by atoms with van der Waals surface area (Å²) in [7, 11) is 1.35. The molecule has 2 aromatic heterocycles. The molecule has 0 spiro atoms. The summed E-state index contributed by atoms with van der Waals surface area (Å²) in [5.41, 5.74) is -4.30. The molecule has 2 aromatic rings. The van der Waals surface area contributed by atoms with E-state index in [0.717, 1.165) is 18.6 Å². The Morgan fingerprint density at radius 1 is 1.00 bits per heavy atom. The molecule has 220 valence electrons. The van der Waals surface area contributed by atoms with Gasteiger partial charge in [0.25, 0.3) is 11.5 Å². The lowest BCUT2D eigenvalue weighted by Crippen LogP contribution is -2.47. The average Bonchev–Trinajstić information content (AvgIpc) is 3.26. The summed E-state index contributed by atoms with van der Waals surface area (Å²) >= 11 is 0. The van der Waals surface area contributed by atoms with Crippen molar-refractivity contribution in [1.82, 2.24) is 25.1 Å². The first kappa shape index (κ1) is 29.5. The van der Waals surface area contributed by atoms with Crippen LogP contribution in [0.25, 0.3) is 0 Å². The first-order chi connectivity index (χ1) is 18.9. The van der Waals surface area contributed by atoms with Crippen molar-refractivity contribution in [1.29, 1.82) is 0 Å². The van der Waals surface area contributed by atoms with E-state index in [1.807, 2.05) is 0 Å². The number of methoxy groups -OCH3 is 1. The van der Waals surface area contributed by atoms with Crippen LogP contribution in [0.2, 0.25) is 0 Å². The van der Waals surface area contributed by atoms with Crippen molar-refractivity contribution in [2.75, 3.05) is 50.2 Å². The maximum Gasteiger partial charge on any atom is 0.423 e. The maximum absolute atomic E-state index is 13.4. The fraction of sp³-hybridized carbons (Fsp3) is 0.609. The van der Waals surface area contributed by atoms with Gasteiger partial charge in [-0.3, -0.25) is 9.59 Å². The molecular weight excluding hydrogens is 552 g/mol. The highest BCUT2D eigenvalue weighted by atomic mass is 19.4. The summed E-state index contributed by atoms with van der Waals surface area (Å²) in [5, 5.41) is 7.77. The van der Waals surface area contributed by atoms with Crippen LogP contribution >= 0.6 is 0 Å². The van der Waals surface area contributed by atoms with Crippen molar-refractivity contribution in [2.45, 2.75) is 49.8 Å². The molecule has 2 atom stereocenters. The first-order valence-electron chi connectivity index (χ1n) is 12.3. The predicted molar refractivity (Wildman–Crippen MR) is 127 cm³/mol. The van der Waals surface area contributed by atoms with Crippen molar-refractivity contribution >= 4 is 17.5 Å². The van der Waals surface area contributed by atoms with E-state index in [4.69, 9.17) is 9.47 Å². The smallest absolute Gasteiger partial charge is 0.382 e. The maximum atomic E-state index is 13.4. The Hall–Kier alpha value is -3.47. The second-order valence-corrected chi connectivity index (χ2v) is 9.41. The van der Waals surface area contributed by atoms with Gasteiger partial charge in [-0.15, -0.1) is 0 Å². The highest BCUT2D eigenvalue weighted by Gasteiger charge is 2.40. The molecule has 2 unspecified atom stereocenters. The van der Waals surface area contributed by atoms with Crippen LogP contribution in [0, 0.1) is 0 Å². The van der Waals surface area contributed by atoms with Crippen molar-refractivity contribution in [3.63, 3.8) is 0 Å². The molecule has 0 aromatic carbocycles. The van der Waals surface area contributed by atoms with E-state index in [1.165, 1.54) is 7.11 Å². The number of likely N-dealkylation sites (tertiary alicyclic amines) is 1. The van der Waals surface area contributed by atoms with Gasteiger partial charge in [-0.25, -0.2) is 15.1 Å². The number of H-pyrrole nitrogens is 1. The number of anilines is 2. The van der Waals surface area contributed by atoms with Gasteiger partial charge in [0.2, 0.25) is 5.95 Å². The minimum absolute atomic E-state index is 0.0702. The van der Waals surface area contributed by atoms with E-state index >= 15 is 0 Å². The molecule has 0 saturated carbocycles. The van der Waals surface area contributed by atoms with Gasteiger partial charge in [0.1, 0.15) is 11.7 Å². The number of ether oxygens (including phenoxy) is 2. The van der Waals surface area contributed by atoms with Gasteiger partial charge in [0.05, 0.1) is 36.7 Å². The van der Waals surface area contributed by atoms with Gasteiger partial charge >= 0.3 is 12.4 Å². The van der Waals surface area contributed by atoms with Gasteiger partial charge in [-0.05, 0) is 12.8 Å². The molecule has 0 aliphatic carbocycles. The zero-order valence-electron chi connectivity index (χ0n) is 21.3. The third-order valence-electron chi connectivity index (χ3n) is 6.71. The summed E-state index contributed by atoms with van der Waals surface area (Å²) in [6, 6.07) is -0.931. The van der Waals surface area contributed by atoms with Gasteiger partial charge in [-0.1, -0.05) is 0 Å². The third-order valence-corrected chi connectivity index (χ3v) is 6.71. The van der Waals surface area contributed by atoms with E-state index in [2.05, 4.69) is 20.4 Å². The van der Waals surface area contributed by atoms with E-state index in [1.54, 1.807) is 14.9 Å². The third kappa shape index (κ3) is 6.80. The molecule has 0 bridgehead atoms. The Bertz CT molecular complexity index is 1220. The number of nitrogens with zero attached hydrogens (tertiary/aromatic N) is 5. The molecule has 4 heterocycles. The molecule has 2 N–H and O–H groups in total. The number of halogens is 6.